The highest BCUT2D eigenvalue weighted by Crippen LogP contribution is 2.34. The van der Waals surface area contributed by atoms with Crippen LogP contribution in [-0.4, -0.2) is 27.8 Å². The molecule has 2 rings (SSSR count). The van der Waals surface area contributed by atoms with Gasteiger partial charge in [-0.05, 0) is 12.0 Å². The van der Waals surface area contributed by atoms with Crippen LogP contribution >= 0.6 is 11.3 Å². The molecule has 2 amide bonds. The minimum Gasteiger partial charge on any atom is -0.337 e. The standard InChI is InChI=1S/C10H10F3N5OS/c11-10(12,13)7-5-15-9(20-7)18-8(19)14-2-1-6-3-16-17-4-6/h3-5H,1-2H2,(H,16,17)(H2,14,15,18,19). The monoisotopic (exact) mass is 305 g/mol. The van der Waals surface area contributed by atoms with E-state index in [0.717, 1.165) is 5.56 Å². The van der Waals surface area contributed by atoms with E-state index in [2.05, 4.69) is 25.8 Å². The Bertz CT molecular complexity index is 566. The van der Waals surface area contributed by atoms with Crippen molar-refractivity contribution in [2.75, 3.05) is 11.9 Å². The second-order valence-corrected chi connectivity index (χ2v) is 4.80. The normalized spacial score (nSPS) is 11.3. The average molecular weight is 305 g/mol. The lowest BCUT2D eigenvalue weighted by atomic mass is 10.2. The van der Waals surface area contributed by atoms with Crippen LogP contribution in [0.3, 0.4) is 0 Å². The second kappa shape index (κ2) is 5.90. The molecule has 10 heteroatoms. The van der Waals surface area contributed by atoms with Gasteiger partial charge in [0.25, 0.3) is 0 Å². The molecular weight excluding hydrogens is 295 g/mol. The van der Waals surface area contributed by atoms with Crippen molar-refractivity contribution < 1.29 is 18.0 Å². The highest BCUT2D eigenvalue weighted by Gasteiger charge is 2.33. The molecule has 0 aliphatic carbocycles. The van der Waals surface area contributed by atoms with E-state index in [1.165, 1.54) is 0 Å². The van der Waals surface area contributed by atoms with Gasteiger partial charge in [-0.2, -0.15) is 18.3 Å². The molecule has 0 aliphatic rings. The Balaban J connectivity index is 1.78. The first-order valence-electron chi connectivity index (χ1n) is 5.50. The summed E-state index contributed by atoms with van der Waals surface area (Å²) >= 11 is 0.376. The molecule has 2 aromatic heterocycles. The van der Waals surface area contributed by atoms with Crippen LogP contribution in [0.2, 0.25) is 0 Å². The van der Waals surface area contributed by atoms with Gasteiger partial charge in [0.15, 0.2) is 5.13 Å². The van der Waals surface area contributed by atoms with E-state index in [4.69, 9.17) is 0 Å². The van der Waals surface area contributed by atoms with Crippen molar-refractivity contribution in [3.63, 3.8) is 0 Å². The Morgan fingerprint density at radius 1 is 1.40 bits per heavy atom. The summed E-state index contributed by atoms with van der Waals surface area (Å²) in [4.78, 5) is 14.1. The van der Waals surface area contributed by atoms with Crippen molar-refractivity contribution in [2.45, 2.75) is 12.6 Å². The maximum Gasteiger partial charge on any atom is 0.427 e. The third-order valence-corrected chi connectivity index (χ3v) is 3.22. The van der Waals surface area contributed by atoms with Gasteiger partial charge in [-0.3, -0.25) is 10.4 Å². The maximum atomic E-state index is 12.3. The average Bonchev–Trinajstić information content (AvgIpc) is 2.98. The predicted octanol–water partition coefficient (Wildman–Crippen LogP) is 2.25. The summed E-state index contributed by atoms with van der Waals surface area (Å²) in [5, 5.41) is 11.0. The van der Waals surface area contributed by atoms with E-state index in [0.29, 0.717) is 30.5 Å². The van der Waals surface area contributed by atoms with Crippen molar-refractivity contribution in [1.29, 1.82) is 0 Å². The number of hydrogen-bond acceptors (Lipinski definition) is 4. The summed E-state index contributed by atoms with van der Waals surface area (Å²) in [7, 11) is 0. The molecule has 2 aromatic rings. The van der Waals surface area contributed by atoms with Crippen LogP contribution in [0.1, 0.15) is 10.4 Å². The fraction of sp³-hybridized carbons (Fsp3) is 0.300. The number of urea groups is 1. The summed E-state index contributed by atoms with van der Waals surface area (Å²) in [6, 6.07) is -0.600. The molecule has 0 fully saturated rings. The van der Waals surface area contributed by atoms with Crippen LogP contribution in [0.25, 0.3) is 0 Å². The smallest absolute Gasteiger partial charge is 0.337 e. The van der Waals surface area contributed by atoms with E-state index < -0.39 is 17.1 Å². The number of halogens is 3. The minimum atomic E-state index is -4.45. The zero-order chi connectivity index (χ0) is 14.6. The fourth-order valence-electron chi connectivity index (χ4n) is 1.34. The molecule has 0 saturated carbocycles. The van der Waals surface area contributed by atoms with Crippen molar-refractivity contribution in [3.8, 4) is 0 Å². The lowest BCUT2D eigenvalue weighted by molar-refractivity contribution is -0.134. The number of aromatic nitrogens is 3. The van der Waals surface area contributed by atoms with Crippen LogP contribution in [0, 0.1) is 0 Å². The van der Waals surface area contributed by atoms with E-state index in [9.17, 15) is 18.0 Å². The lowest BCUT2D eigenvalue weighted by Gasteiger charge is -2.04. The van der Waals surface area contributed by atoms with E-state index in [1.54, 1.807) is 12.4 Å². The molecule has 0 atom stereocenters. The molecule has 0 unspecified atom stereocenters. The van der Waals surface area contributed by atoms with Gasteiger partial charge in [-0.1, -0.05) is 11.3 Å². The number of anilines is 1. The molecule has 6 nitrogen and oxygen atoms in total. The Morgan fingerprint density at radius 3 is 2.80 bits per heavy atom. The number of rotatable bonds is 4. The highest BCUT2D eigenvalue weighted by molar-refractivity contribution is 7.15. The van der Waals surface area contributed by atoms with E-state index >= 15 is 0 Å². The minimum absolute atomic E-state index is 0.0989. The lowest BCUT2D eigenvalue weighted by Crippen LogP contribution is -2.30. The summed E-state index contributed by atoms with van der Waals surface area (Å²) in [5.74, 6) is 0. The van der Waals surface area contributed by atoms with Crippen molar-refractivity contribution in [2.24, 2.45) is 0 Å². The Morgan fingerprint density at radius 2 is 2.20 bits per heavy atom. The van der Waals surface area contributed by atoms with Crippen LogP contribution in [0.5, 0.6) is 0 Å². The molecule has 0 saturated heterocycles. The SMILES string of the molecule is O=C(NCCc1cn[nH]c1)Nc1ncc(C(F)(F)F)s1. The predicted molar refractivity (Wildman–Crippen MR) is 66.4 cm³/mol. The molecule has 0 radical (unpaired) electrons. The number of H-pyrrole nitrogens is 1. The number of nitrogens with zero attached hydrogens (tertiary/aromatic N) is 2. The number of nitrogens with one attached hydrogen (secondary N) is 3. The van der Waals surface area contributed by atoms with Gasteiger partial charge in [0.2, 0.25) is 0 Å². The van der Waals surface area contributed by atoms with Crippen LogP contribution < -0.4 is 10.6 Å². The Kier molecular flexibility index (Phi) is 4.23. The molecule has 0 spiro atoms. The number of aromatic amines is 1. The zero-order valence-electron chi connectivity index (χ0n) is 9.99. The largest absolute Gasteiger partial charge is 0.427 e. The summed E-state index contributed by atoms with van der Waals surface area (Å²) in [6.45, 7) is 0.336. The van der Waals surface area contributed by atoms with Crippen molar-refractivity contribution >= 4 is 22.5 Å². The zero-order valence-corrected chi connectivity index (χ0v) is 10.8. The van der Waals surface area contributed by atoms with E-state index in [-0.39, 0.29) is 5.13 Å². The number of amides is 2. The molecule has 0 aromatic carbocycles. The molecule has 2 heterocycles. The first-order chi connectivity index (χ1) is 9.45. The molecule has 20 heavy (non-hydrogen) atoms. The van der Waals surface area contributed by atoms with Gasteiger partial charge in [-0.15, -0.1) is 0 Å². The summed E-state index contributed by atoms with van der Waals surface area (Å²) in [5.41, 5.74) is 0.916. The highest BCUT2D eigenvalue weighted by atomic mass is 32.1. The molecule has 0 bridgehead atoms. The van der Waals surface area contributed by atoms with Crippen molar-refractivity contribution in [3.05, 3.63) is 29.0 Å². The van der Waals surface area contributed by atoms with Gasteiger partial charge in [0.05, 0.1) is 12.4 Å². The van der Waals surface area contributed by atoms with Crippen LogP contribution in [0.15, 0.2) is 18.6 Å². The third-order valence-electron chi connectivity index (χ3n) is 2.26. The maximum absolute atomic E-state index is 12.3. The van der Waals surface area contributed by atoms with Gasteiger partial charge in [-0.25, -0.2) is 9.78 Å². The van der Waals surface area contributed by atoms with Gasteiger partial charge in [0.1, 0.15) is 4.88 Å². The Hall–Kier alpha value is -2.10. The van der Waals surface area contributed by atoms with Crippen LogP contribution in [-0.2, 0) is 12.6 Å². The van der Waals surface area contributed by atoms with Crippen molar-refractivity contribution in [1.82, 2.24) is 20.5 Å². The van der Waals surface area contributed by atoms with Gasteiger partial charge in [0, 0.05) is 12.7 Å². The topological polar surface area (TPSA) is 82.7 Å². The first-order valence-corrected chi connectivity index (χ1v) is 6.32. The number of carbonyl (C=O) groups excluding carboxylic acids is 1. The third kappa shape index (κ3) is 3.95. The number of carbonyl (C=O) groups is 1. The number of hydrogen-bond donors (Lipinski definition) is 3. The molecule has 3 N–H and O–H groups in total. The number of thiazole rings is 1. The molecule has 0 aliphatic heterocycles. The number of alkyl halides is 3. The fourth-order valence-corrected chi connectivity index (χ4v) is 2.02. The molecular formula is C10H10F3N5OS. The second-order valence-electron chi connectivity index (χ2n) is 3.76. The first kappa shape index (κ1) is 14.3. The molecule has 108 valence electrons. The summed E-state index contributed by atoms with van der Waals surface area (Å²) in [6.07, 6.45) is 0.114. The quantitative estimate of drug-likeness (QED) is 0.810. The van der Waals surface area contributed by atoms with Crippen LogP contribution in [0.4, 0.5) is 23.1 Å². The summed E-state index contributed by atoms with van der Waals surface area (Å²) < 4.78 is 37.0. The Labute approximate surface area is 115 Å². The van der Waals surface area contributed by atoms with Gasteiger partial charge >= 0.3 is 12.2 Å². The van der Waals surface area contributed by atoms with Gasteiger partial charge < -0.3 is 5.32 Å². The van der Waals surface area contributed by atoms with E-state index in [1.807, 2.05) is 0 Å².